The number of hydrogen-bond acceptors (Lipinski definition) is 3. The van der Waals surface area contributed by atoms with E-state index in [2.05, 4.69) is 0 Å². The predicted octanol–water partition coefficient (Wildman–Crippen LogP) is 0.776. The van der Waals surface area contributed by atoms with Gasteiger partial charge in [0, 0.05) is 34.8 Å². The SMILES string of the molecule is CC(N)CCS(=O)CCCC#N. The highest BCUT2D eigenvalue weighted by Gasteiger charge is 2.01. The van der Waals surface area contributed by atoms with Gasteiger partial charge in [-0.1, -0.05) is 0 Å². The molecule has 0 aliphatic rings. The van der Waals surface area contributed by atoms with Crippen molar-refractivity contribution in [3.63, 3.8) is 0 Å². The fourth-order valence-corrected chi connectivity index (χ4v) is 2.04. The Kier molecular flexibility index (Phi) is 7.02. The third-order valence-corrected chi connectivity index (χ3v) is 2.90. The zero-order chi connectivity index (χ0) is 9.40. The van der Waals surface area contributed by atoms with Gasteiger partial charge in [0.25, 0.3) is 0 Å². The van der Waals surface area contributed by atoms with Crippen LogP contribution in [0.1, 0.15) is 26.2 Å². The molecule has 3 nitrogen and oxygen atoms in total. The van der Waals surface area contributed by atoms with E-state index in [4.69, 9.17) is 11.0 Å². The molecule has 0 amide bonds. The number of nitriles is 1. The smallest absolute Gasteiger partial charge is 0.0622 e. The first-order chi connectivity index (χ1) is 5.66. The lowest BCUT2D eigenvalue weighted by molar-refractivity contribution is 0.666. The Labute approximate surface area is 76.4 Å². The molecule has 2 N–H and O–H groups in total. The Morgan fingerprint density at radius 1 is 1.58 bits per heavy atom. The first-order valence-electron chi connectivity index (χ1n) is 4.14. The summed E-state index contributed by atoms with van der Waals surface area (Å²) in [6, 6.07) is 2.16. The van der Waals surface area contributed by atoms with Crippen LogP contribution in [0, 0.1) is 11.3 Å². The zero-order valence-corrected chi connectivity index (χ0v) is 8.27. The molecule has 2 unspecified atom stereocenters. The minimum Gasteiger partial charge on any atom is -0.328 e. The van der Waals surface area contributed by atoms with Gasteiger partial charge in [-0.15, -0.1) is 0 Å². The van der Waals surface area contributed by atoms with E-state index in [1.807, 2.05) is 13.0 Å². The van der Waals surface area contributed by atoms with Crippen LogP contribution >= 0.6 is 0 Å². The van der Waals surface area contributed by atoms with E-state index in [-0.39, 0.29) is 6.04 Å². The van der Waals surface area contributed by atoms with Crippen molar-refractivity contribution in [2.75, 3.05) is 11.5 Å². The summed E-state index contributed by atoms with van der Waals surface area (Å²) in [5.41, 5.74) is 5.51. The monoisotopic (exact) mass is 188 g/mol. The molecule has 0 aromatic rings. The van der Waals surface area contributed by atoms with Crippen LogP contribution in [0.25, 0.3) is 0 Å². The van der Waals surface area contributed by atoms with Gasteiger partial charge in [0.15, 0.2) is 0 Å². The van der Waals surface area contributed by atoms with Crippen LogP contribution in [-0.2, 0) is 10.8 Å². The van der Waals surface area contributed by atoms with Crippen molar-refractivity contribution in [2.45, 2.75) is 32.2 Å². The number of unbranched alkanes of at least 4 members (excludes halogenated alkanes) is 1. The maximum Gasteiger partial charge on any atom is 0.0622 e. The lowest BCUT2D eigenvalue weighted by Crippen LogP contribution is -2.18. The van der Waals surface area contributed by atoms with Crippen molar-refractivity contribution in [1.82, 2.24) is 0 Å². The topological polar surface area (TPSA) is 66.9 Å². The van der Waals surface area contributed by atoms with Crippen LogP contribution in [0.4, 0.5) is 0 Å². The number of rotatable bonds is 6. The maximum atomic E-state index is 11.2. The molecule has 0 aliphatic carbocycles. The second-order valence-electron chi connectivity index (χ2n) is 2.88. The van der Waals surface area contributed by atoms with Crippen molar-refractivity contribution in [2.24, 2.45) is 5.73 Å². The fourth-order valence-electron chi connectivity index (χ4n) is 0.732. The highest BCUT2D eigenvalue weighted by atomic mass is 32.2. The molecule has 0 aromatic carbocycles. The fraction of sp³-hybridized carbons (Fsp3) is 0.875. The van der Waals surface area contributed by atoms with Crippen LogP contribution < -0.4 is 5.73 Å². The molecule has 0 heterocycles. The third-order valence-electron chi connectivity index (χ3n) is 1.46. The second-order valence-corrected chi connectivity index (χ2v) is 4.57. The van der Waals surface area contributed by atoms with Gasteiger partial charge in [-0.05, 0) is 19.8 Å². The van der Waals surface area contributed by atoms with E-state index < -0.39 is 10.8 Å². The molecule has 70 valence electrons. The van der Waals surface area contributed by atoms with Gasteiger partial charge in [-0.25, -0.2) is 0 Å². The van der Waals surface area contributed by atoms with Gasteiger partial charge in [0.2, 0.25) is 0 Å². The van der Waals surface area contributed by atoms with Gasteiger partial charge in [0.1, 0.15) is 0 Å². The minimum atomic E-state index is -0.773. The van der Waals surface area contributed by atoms with Crippen LogP contribution in [0.5, 0.6) is 0 Å². The van der Waals surface area contributed by atoms with Crippen molar-refractivity contribution >= 4 is 10.8 Å². The zero-order valence-electron chi connectivity index (χ0n) is 7.45. The molecular formula is C8H16N2OS. The highest BCUT2D eigenvalue weighted by molar-refractivity contribution is 7.84. The summed E-state index contributed by atoms with van der Waals surface area (Å²) in [4.78, 5) is 0. The average Bonchev–Trinajstić information content (AvgIpc) is 2.01. The van der Waals surface area contributed by atoms with Crippen LogP contribution in [0.3, 0.4) is 0 Å². The first-order valence-corrected chi connectivity index (χ1v) is 5.63. The highest BCUT2D eigenvalue weighted by Crippen LogP contribution is 1.95. The molecule has 0 rings (SSSR count). The lowest BCUT2D eigenvalue weighted by Gasteiger charge is -2.03. The molecule has 0 bridgehead atoms. The maximum absolute atomic E-state index is 11.2. The van der Waals surface area contributed by atoms with Crippen molar-refractivity contribution < 1.29 is 4.21 Å². The Morgan fingerprint density at radius 2 is 2.25 bits per heavy atom. The van der Waals surface area contributed by atoms with E-state index in [0.717, 1.165) is 12.8 Å². The van der Waals surface area contributed by atoms with Crippen molar-refractivity contribution in [3.05, 3.63) is 0 Å². The molecular weight excluding hydrogens is 172 g/mol. The van der Waals surface area contributed by atoms with Crippen LogP contribution in [0.15, 0.2) is 0 Å². The van der Waals surface area contributed by atoms with E-state index in [1.165, 1.54) is 0 Å². The summed E-state index contributed by atoms with van der Waals surface area (Å²) < 4.78 is 11.2. The first kappa shape index (κ1) is 11.6. The molecule has 0 aromatic heterocycles. The number of hydrogen-bond donors (Lipinski definition) is 1. The normalized spacial score (nSPS) is 15.1. The summed E-state index contributed by atoms with van der Waals surface area (Å²) in [7, 11) is -0.773. The molecule has 0 aliphatic heterocycles. The summed E-state index contributed by atoms with van der Waals surface area (Å²) in [6.07, 6.45) is 2.05. The molecule has 4 heteroatoms. The largest absolute Gasteiger partial charge is 0.328 e. The summed E-state index contributed by atoms with van der Waals surface area (Å²) in [5, 5.41) is 8.23. The quantitative estimate of drug-likeness (QED) is 0.626. The van der Waals surface area contributed by atoms with Crippen LogP contribution in [0.2, 0.25) is 0 Å². The molecule has 0 saturated heterocycles. The summed E-state index contributed by atoms with van der Waals surface area (Å²) in [5.74, 6) is 1.31. The van der Waals surface area contributed by atoms with E-state index in [0.29, 0.717) is 17.9 Å². The molecule has 12 heavy (non-hydrogen) atoms. The van der Waals surface area contributed by atoms with Gasteiger partial charge in [-0.2, -0.15) is 5.26 Å². The molecule has 0 radical (unpaired) electrons. The molecule has 0 saturated carbocycles. The van der Waals surface area contributed by atoms with E-state index >= 15 is 0 Å². The van der Waals surface area contributed by atoms with Gasteiger partial charge in [-0.3, -0.25) is 4.21 Å². The lowest BCUT2D eigenvalue weighted by atomic mass is 10.3. The Hall–Kier alpha value is -0.400. The van der Waals surface area contributed by atoms with E-state index in [1.54, 1.807) is 0 Å². The van der Waals surface area contributed by atoms with Gasteiger partial charge < -0.3 is 5.73 Å². The standard InChI is InChI=1S/C8H16N2OS/c1-8(10)4-7-12(11)6-3-2-5-9/h8H,2-4,6-7,10H2,1H3. The van der Waals surface area contributed by atoms with Crippen molar-refractivity contribution in [1.29, 1.82) is 5.26 Å². The Morgan fingerprint density at radius 3 is 2.75 bits per heavy atom. The minimum absolute atomic E-state index is 0.130. The average molecular weight is 188 g/mol. The Bertz CT molecular complexity index is 174. The summed E-state index contributed by atoms with van der Waals surface area (Å²) >= 11 is 0. The van der Waals surface area contributed by atoms with Gasteiger partial charge >= 0.3 is 0 Å². The number of nitrogens with two attached hydrogens (primary N) is 1. The van der Waals surface area contributed by atoms with Crippen LogP contribution in [-0.4, -0.2) is 21.8 Å². The second kappa shape index (κ2) is 7.26. The van der Waals surface area contributed by atoms with Crippen molar-refractivity contribution in [3.8, 4) is 6.07 Å². The van der Waals surface area contributed by atoms with E-state index in [9.17, 15) is 4.21 Å². The molecule has 0 spiro atoms. The van der Waals surface area contributed by atoms with Gasteiger partial charge in [0.05, 0.1) is 6.07 Å². The Balaban J connectivity index is 3.29. The number of nitrogens with zero attached hydrogens (tertiary/aromatic N) is 1. The summed E-state index contributed by atoms with van der Waals surface area (Å²) in [6.45, 7) is 1.91. The third kappa shape index (κ3) is 7.70. The molecule has 2 atom stereocenters. The molecule has 0 fully saturated rings. The predicted molar refractivity (Wildman–Crippen MR) is 51.0 cm³/mol.